The Morgan fingerprint density at radius 2 is 1.63 bits per heavy atom. The van der Waals surface area contributed by atoms with Gasteiger partial charge in [-0.15, -0.1) is 0 Å². The number of ether oxygens (including phenoxy) is 1. The fourth-order valence-electron chi connectivity index (χ4n) is 3.98. The molecule has 160 valence electrons. The third-order valence-electron chi connectivity index (χ3n) is 5.62. The van der Waals surface area contributed by atoms with Crippen molar-refractivity contribution in [2.45, 2.75) is 51.7 Å². The second-order valence-corrected chi connectivity index (χ2v) is 8.03. The molecule has 30 heavy (non-hydrogen) atoms. The first-order valence-corrected chi connectivity index (χ1v) is 10.4. The highest BCUT2D eigenvalue weighted by atomic mass is 19.1. The fraction of sp³-hybridized carbons (Fsp3) is 0.417. The van der Waals surface area contributed by atoms with Crippen LogP contribution in [0.25, 0.3) is 0 Å². The van der Waals surface area contributed by atoms with Crippen LogP contribution in [-0.2, 0) is 11.3 Å². The predicted molar refractivity (Wildman–Crippen MR) is 114 cm³/mol. The Bertz CT molecular complexity index is 857. The van der Waals surface area contributed by atoms with Crippen molar-refractivity contribution in [3.63, 3.8) is 0 Å². The van der Waals surface area contributed by atoms with Gasteiger partial charge in [-0.1, -0.05) is 12.1 Å². The van der Waals surface area contributed by atoms with Crippen molar-refractivity contribution in [3.05, 3.63) is 65.5 Å². The first-order valence-electron chi connectivity index (χ1n) is 10.4. The number of hydrogen-bond donors (Lipinski definition) is 0. The maximum Gasteiger partial charge on any atom is 0.260 e. The van der Waals surface area contributed by atoms with Gasteiger partial charge in [-0.25, -0.2) is 4.39 Å². The maximum atomic E-state index is 13.0. The highest BCUT2D eigenvalue weighted by molar-refractivity contribution is 5.94. The largest absolute Gasteiger partial charge is 0.484 e. The number of carbonyl (C=O) groups is 2. The average Bonchev–Trinajstić information content (AvgIpc) is 2.73. The molecule has 0 N–H and O–H groups in total. The van der Waals surface area contributed by atoms with Crippen LogP contribution in [0.1, 0.15) is 49.0 Å². The van der Waals surface area contributed by atoms with E-state index in [1.165, 1.54) is 12.1 Å². The number of likely N-dealkylation sites (tertiary alicyclic amines) is 1. The Hall–Kier alpha value is -2.89. The van der Waals surface area contributed by atoms with Crippen molar-refractivity contribution in [1.82, 2.24) is 9.80 Å². The minimum absolute atomic E-state index is 0.00566. The van der Waals surface area contributed by atoms with Gasteiger partial charge in [-0.2, -0.15) is 0 Å². The topological polar surface area (TPSA) is 49.9 Å². The molecule has 0 aromatic heterocycles. The highest BCUT2D eigenvalue weighted by Crippen LogP contribution is 2.23. The van der Waals surface area contributed by atoms with Crippen molar-refractivity contribution in [1.29, 1.82) is 0 Å². The Morgan fingerprint density at radius 1 is 1.03 bits per heavy atom. The lowest BCUT2D eigenvalue weighted by Crippen LogP contribution is -2.49. The van der Waals surface area contributed by atoms with Crippen molar-refractivity contribution in [2.75, 3.05) is 13.7 Å². The van der Waals surface area contributed by atoms with Crippen molar-refractivity contribution in [2.24, 2.45) is 0 Å². The second-order valence-electron chi connectivity index (χ2n) is 8.03. The van der Waals surface area contributed by atoms with Crippen LogP contribution in [0.2, 0.25) is 0 Å². The number of hydrogen-bond acceptors (Lipinski definition) is 3. The number of amides is 2. The van der Waals surface area contributed by atoms with Crippen LogP contribution in [0.15, 0.2) is 48.5 Å². The third-order valence-corrected chi connectivity index (χ3v) is 5.62. The molecular weight excluding hydrogens is 383 g/mol. The summed E-state index contributed by atoms with van der Waals surface area (Å²) in [4.78, 5) is 28.7. The Morgan fingerprint density at radius 3 is 2.23 bits per heavy atom. The van der Waals surface area contributed by atoms with Gasteiger partial charge in [-0.3, -0.25) is 9.59 Å². The van der Waals surface area contributed by atoms with Gasteiger partial charge < -0.3 is 14.5 Å². The van der Waals surface area contributed by atoms with Gasteiger partial charge in [-0.05, 0) is 75.1 Å². The van der Waals surface area contributed by atoms with E-state index in [2.05, 4.69) is 13.8 Å². The minimum atomic E-state index is -0.300. The highest BCUT2D eigenvalue weighted by Gasteiger charge is 2.29. The molecule has 2 unspecified atom stereocenters. The summed E-state index contributed by atoms with van der Waals surface area (Å²) >= 11 is 0. The normalized spacial score (nSPS) is 18.7. The molecular formula is C24H29FN2O3. The van der Waals surface area contributed by atoms with E-state index in [0.29, 0.717) is 17.9 Å². The van der Waals surface area contributed by atoms with Crippen LogP contribution in [0.5, 0.6) is 5.75 Å². The van der Waals surface area contributed by atoms with Gasteiger partial charge >= 0.3 is 0 Å². The molecule has 1 aliphatic rings. The van der Waals surface area contributed by atoms with Gasteiger partial charge in [0.05, 0.1) is 0 Å². The molecule has 0 bridgehead atoms. The zero-order valence-electron chi connectivity index (χ0n) is 17.8. The summed E-state index contributed by atoms with van der Waals surface area (Å²) in [5.41, 5.74) is 1.38. The summed E-state index contributed by atoms with van der Waals surface area (Å²) < 4.78 is 18.7. The van der Waals surface area contributed by atoms with Crippen LogP contribution >= 0.6 is 0 Å². The van der Waals surface area contributed by atoms with Gasteiger partial charge in [0.1, 0.15) is 11.6 Å². The summed E-state index contributed by atoms with van der Waals surface area (Å²) in [5, 5.41) is 0. The maximum absolute atomic E-state index is 13.0. The summed E-state index contributed by atoms with van der Waals surface area (Å²) in [6.45, 7) is 4.54. The molecule has 2 aromatic rings. The molecule has 0 saturated carbocycles. The lowest BCUT2D eigenvalue weighted by Gasteiger charge is -2.38. The molecule has 1 fully saturated rings. The van der Waals surface area contributed by atoms with E-state index in [1.54, 1.807) is 48.3 Å². The van der Waals surface area contributed by atoms with Crippen LogP contribution in [-0.4, -0.2) is 47.4 Å². The van der Waals surface area contributed by atoms with E-state index in [-0.39, 0.29) is 36.3 Å². The van der Waals surface area contributed by atoms with Gasteiger partial charge in [0, 0.05) is 31.2 Å². The molecule has 1 heterocycles. The molecule has 1 aliphatic heterocycles. The summed E-state index contributed by atoms with van der Waals surface area (Å²) in [6, 6.07) is 13.4. The number of rotatable bonds is 6. The quantitative estimate of drug-likeness (QED) is 0.712. The summed E-state index contributed by atoms with van der Waals surface area (Å²) in [5.74, 6) is 0.108. The van der Waals surface area contributed by atoms with E-state index in [0.717, 1.165) is 24.8 Å². The van der Waals surface area contributed by atoms with Crippen molar-refractivity contribution in [3.8, 4) is 5.75 Å². The summed E-state index contributed by atoms with van der Waals surface area (Å²) in [7, 11) is 1.70. The molecule has 0 aliphatic carbocycles. The van der Waals surface area contributed by atoms with Gasteiger partial charge in [0.25, 0.3) is 11.8 Å². The fourth-order valence-corrected chi connectivity index (χ4v) is 3.98. The Kier molecular flexibility index (Phi) is 7.08. The first kappa shape index (κ1) is 21.8. The molecule has 2 atom stereocenters. The van der Waals surface area contributed by atoms with E-state index in [4.69, 9.17) is 4.74 Å². The predicted octanol–water partition coefficient (Wildman–Crippen LogP) is 4.27. The zero-order valence-corrected chi connectivity index (χ0v) is 17.8. The number of nitrogens with zero attached hydrogens (tertiary/aromatic N) is 2. The van der Waals surface area contributed by atoms with Crippen LogP contribution < -0.4 is 4.74 Å². The summed E-state index contributed by atoms with van der Waals surface area (Å²) in [6.07, 6.45) is 3.20. The lowest BCUT2D eigenvalue weighted by atomic mass is 9.97. The number of benzene rings is 2. The SMILES string of the molecule is CC1CCCC(C)N1C(=O)COc1ccc(C(=O)N(C)Cc2ccc(F)cc2)cc1. The van der Waals surface area contributed by atoms with E-state index >= 15 is 0 Å². The number of halogens is 1. The lowest BCUT2D eigenvalue weighted by molar-refractivity contribution is -0.139. The molecule has 6 heteroatoms. The van der Waals surface area contributed by atoms with E-state index in [9.17, 15) is 14.0 Å². The van der Waals surface area contributed by atoms with Crippen molar-refractivity contribution < 1.29 is 18.7 Å². The average molecular weight is 413 g/mol. The number of carbonyl (C=O) groups excluding carboxylic acids is 2. The monoisotopic (exact) mass is 412 g/mol. The molecule has 0 radical (unpaired) electrons. The molecule has 0 spiro atoms. The second kappa shape index (κ2) is 9.74. The van der Waals surface area contributed by atoms with Crippen LogP contribution in [0.4, 0.5) is 4.39 Å². The van der Waals surface area contributed by atoms with E-state index in [1.807, 2.05) is 4.90 Å². The molecule has 1 saturated heterocycles. The minimum Gasteiger partial charge on any atom is -0.484 e. The Balaban J connectivity index is 1.54. The standard InChI is InChI=1S/C24H29FN2O3/c1-17-5-4-6-18(2)27(17)23(28)16-30-22-13-9-20(10-14-22)24(29)26(3)15-19-7-11-21(25)12-8-19/h7-14,17-18H,4-6,15-16H2,1-3H3. The van der Waals surface area contributed by atoms with Crippen LogP contribution in [0.3, 0.4) is 0 Å². The smallest absolute Gasteiger partial charge is 0.260 e. The third kappa shape index (κ3) is 5.38. The molecule has 5 nitrogen and oxygen atoms in total. The van der Waals surface area contributed by atoms with Gasteiger partial charge in [0.2, 0.25) is 0 Å². The molecule has 3 rings (SSSR count). The zero-order chi connectivity index (χ0) is 21.7. The number of piperidine rings is 1. The van der Waals surface area contributed by atoms with Crippen LogP contribution in [0, 0.1) is 5.82 Å². The Labute approximate surface area is 177 Å². The molecule has 2 amide bonds. The van der Waals surface area contributed by atoms with Crippen molar-refractivity contribution >= 4 is 11.8 Å². The molecule has 2 aromatic carbocycles. The first-order chi connectivity index (χ1) is 14.3. The van der Waals surface area contributed by atoms with E-state index < -0.39 is 0 Å². The van der Waals surface area contributed by atoms with Gasteiger partial charge in [0.15, 0.2) is 6.61 Å².